The summed E-state index contributed by atoms with van der Waals surface area (Å²) in [6, 6.07) is 15.1. The van der Waals surface area contributed by atoms with E-state index < -0.39 is 4.92 Å². The van der Waals surface area contributed by atoms with Crippen LogP contribution in [0.2, 0.25) is 0 Å². The Balaban J connectivity index is 1.28. The number of fused-ring (bicyclic) bond motifs is 1. The van der Waals surface area contributed by atoms with Crippen LogP contribution in [0.25, 0.3) is 0 Å². The number of aryl methyl sites for hydroxylation is 1. The Morgan fingerprint density at radius 1 is 1.00 bits per heavy atom. The van der Waals surface area contributed by atoms with Gasteiger partial charge in [0.15, 0.2) is 5.78 Å². The Morgan fingerprint density at radius 2 is 1.70 bits per heavy atom. The van der Waals surface area contributed by atoms with Crippen molar-refractivity contribution >= 4 is 23.3 Å². The summed E-state index contributed by atoms with van der Waals surface area (Å²) in [6.45, 7) is 2.57. The lowest BCUT2D eigenvalue weighted by molar-refractivity contribution is -0.384. The van der Waals surface area contributed by atoms with Crippen LogP contribution in [0.3, 0.4) is 0 Å². The van der Waals surface area contributed by atoms with Gasteiger partial charge in [0, 0.05) is 47.8 Å². The van der Waals surface area contributed by atoms with Crippen molar-refractivity contribution in [3.8, 4) is 0 Å². The molecule has 1 amide bonds. The summed E-state index contributed by atoms with van der Waals surface area (Å²) in [5, 5.41) is 15.3. The Bertz CT molecular complexity index is 1260. The summed E-state index contributed by atoms with van der Waals surface area (Å²) in [4.78, 5) is 40.9. The highest BCUT2D eigenvalue weighted by atomic mass is 16.6. The van der Waals surface area contributed by atoms with E-state index in [1.165, 1.54) is 24.3 Å². The molecule has 0 N–H and O–H groups in total. The van der Waals surface area contributed by atoms with Gasteiger partial charge in [-0.2, -0.15) is 0 Å². The molecule has 1 aliphatic heterocycles. The SMILES string of the molecule is O=C(c1ccccc1)C1CCN(CCN(C(=O)c2ccc([N+](=O)[O-])cc2)c2onc3c2CCCC3)CC1. The first-order valence-electron chi connectivity index (χ1n) is 12.9. The van der Waals surface area contributed by atoms with Crippen LogP contribution in [-0.4, -0.2) is 52.8 Å². The molecule has 0 unspecified atom stereocenters. The normalized spacial score (nSPS) is 16.2. The number of likely N-dealkylation sites (tertiary alicyclic amines) is 1. The molecule has 0 saturated carbocycles. The van der Waals surface area contributed by atoms with E-state index in [0.717, 1.165) is 68.4 Å². The van der Waals surface area contributed by atoms with Gasteiger partial charge in [0.05, 0.1) is 10.6 Å². The summed E-state index contributed by atoms with van der Waals surface area (Å²) in [5.41, 5.74) is 2.94. The van der Waals surface area contributed by atoms with Crippen LogP contribution in [0, 0.1) is 16.0 Å². The molecule has 192 valence electrons. The number of hydrogen-bond donors (Lipinski definition) is 0. The number of ketones is 1. The number of non-ortho nitro benzene ring substituents is 1. The van der Waals surface area contributed by atoms with E-state index in [2.05, 4.69) is 10.1 Å². The summed E-state index contributed by atoms with van der Waals surface area (Å²) >= 11 is 0. The molecular formula is C28H30N4O5. The van der Waals surface area contributed by atoms with E-state index in [-0.39, 0.29) is 23.3 Å². The number of carbonyl (C=O) groups is 2. The second-order valence-corrected chi connectivity index (χ2v) is 9.73. The number of amides is 1. The van der Waals surface area contributed by atoms with Crippen LogP contribution in [0.1, 0.15) is 57.7 Å². The first-order valence-corrected chi connectivity index (χ1v) is 12.9. The molecule has 0 radical (unpaired) electrons. The Labute approximate surface area is 215 Å². The van der Waals surface area contributed by atoms with E-state index in [0.29, 0.717) is 24.5 Å². The van der Waals surface area contributed by atoms with Crippen molar-refractivity contribution in [1.29, 1.82) is 0 Å². The Morgan fingerprint density at radius 3 is 2.41 bits per heavy atom. The van der Waals surface area contributed by atoms with E-state index >= 15 is 0 Å². The van der Waals surface area contributed by atoms with Gasteiger partial charge >= 0.3 is 0 Å². The maximum atomic E-state index is 13.6. The third-order valence-corrected chi connectivity index (χ3v) is 7.41. The maximum Gasteiger partial charge on any atom is 0.269 e. The summed E-state index contributed by atoms with van der Waals surface area (Å²) in [5.74, 6) is 0.419. The zero-order valence-corrected chi connectivity index (χ0v) is 20.7. The number of piperidine rings is 1. The van der Waals surface area contributed by atoms with Crippen molar-refractivity contribution in [1.82, 2.24) is 10.1 Å². The van der Waals surface area contributed by atoms with E-state index in [1.54, 1.807) is 4.90 Å². The van der Waals surface area contributed by atoms with Crippen molar-refractivity contribution in [3.63, 3.8) is 0 Å². The first-order chi connectivity index (χ1) is 18.0. The number of aromatic nitrogens is 1. The topological polar surface area (TPSA) is 110 Å². The van der Waals surface area contributed by atoms with Crippen molar-refractivity contribution in [2.75, 3.05) is 31.1 Å². The lowest BCUT2D eigenvalue weighted by Crippen LogP contribution is -2.43. The Hall–Kier alpha value is -3.85. The standard InChI is InChI=1S/C28H30N4O5/c33-26(20-6-2-1-3-7-20)21-14-16-30(17-15-21)18-19-31(28-24-8-4-5-9-25(24)29-37-28)27(34)22-10-12-23(13-11-22)32(35)36/h1-3,6-7,10-13,21H,4-5,8-9,14-19H2. The van der Waals surface area contributed by atoms with Gasteiger partial charge in [-0.1, -0.05) is 35.5 Å². The fraction of sp³-hybridized carbons (Fsp3) is 0.393. The average molecular weight is 503 g/mol. The van der Waals surface area contributed by atoms with Crippen LogP contribution in [0.4, 0.5) is 11.6 Å². The molecule has 2 aromatic carbocycles. The van der Waals surface area contributed by atoms with Gasteiger partial charge in [-0.15, -0.1) is 0 Å². The second kappa shape index (κ2) is 11.0. The Kier molecular flexibility index (Phi) is 7.41. The van der Waals surface area contributed by atoms with Gasteiger partial charge in [0.2, 0.25) is 5.88 Å². The highest BCUT2D eigenvalue weighted by molar-refractivity contribution is 6.05. The number of nitro groups is 1. The molecule has 1 saturated heterocycles. The third kappa shape index (κ3) is 5.46. The lowest BCUT2D eigenvalue weighted by Gasteiger charge is -2.32. The van der Waals surface area contributed by atoms with E-state index in [1.807, 2.05) is 30.3 Å². The molecular weight excluding hydrogens is 472 g/mol. The number of Topliss-reactive ketones (excluding diaryl/α,β-unsaturated/α-hetero) is 1. The predicted molar refractivity (Wildman–Crippen MR) is 138 cm³/mol. The van der Waals surface area contributed by atoms with Gasteiger partial charge in [0.1, 0.15) is 0 Å². The quantitative estimate of drug-likeness (QED) is 0.249. The van der Waals surface area contributed by atoms with Crippen molar-refractivity contribution < 1.29 is 19.0 Å². The first kappa shape index (κ1) is 24.8. The van der Waals surface area contributed by atoms with Gasteiger partial charge in [-0.05, 0) is 63.7 Å². The summed E-state index contributed by atoms with van der Waals surface area (Å²) in [7, 11) is 0. The number of anilines is 1. The zero-order valence-electron chi connectivity index (χ0n) is 20.7. The molecule has 9 nitrogen and oxygen atoms in total. The maximum absolute atomic E-state index is 13.6. The minimum Gasteiger partial charge on any atom is -0.338 e. The fourth-order valence-electron chi connectivity index (χ4n) is 5.26. The summed E-state index contributed by atoms with van der Waals surface area (Å²) < 4.78 is 5.71. The number of rotatable bonds is 8. The molecule has 0 spiro atoms. The molecule has 9 heteroatoms. The lowest BCUT2D eigenvalue weighted by atomic mass is 9.89. The van der Waals surface area contributed by atoms with Crippen LogP contribution in [-0.2, 0) is 12.8 Å². The smallest absolute Gasteiger partial charge is 0.269 e. The zero-order chi connectivity index (χ0) is 25.8. The molecule has 2 heterocycles. The van der Waals surface area contributed by atoms with Crippen molar-refractivity contribution in [3.05, 3.63) is 87.1 Å². The number of nitrogens with zero attached hydrogens (tertiary/aromatic N) is 4. The van der Waals surface area contributed by atoms with E-state index in [9.17, 15) is 19.7 Å². The molecule has 0 bridgehead atoms. The monoisotopic (exact) mass is 502 g/mol. The van der Waals surface area contributed by atoms with Gasteiger partial charge in [-0.25, -0.2) is 0 Å². The van der Waals surface area contributed by atoms with Gasteiger partial charge in [-0.3, -0.25) is 24.6 Å². The van der Waals surface area contributed by atoms with Crippen LogP contribution in [0.5, 0.6) is 0 Å². The minimum atomic E-state index is -0.481. The molecule has 37 heavy (non-hydrogen) atoms. The number of hydrogen-bond acceptors (Lipinski definition) is 7. The number of carbonyl (C=O) groups excluding carboxylic acids is 2. The highest BCUT2D eigenvalue weighted by Gasteiger charge is 2.30. The second-order valence-electron chi connectivity index (χ2n) is 9.73. The van der Waals surface area contributed by atoms with Gasteiger partial charge < -0.3 is 9.42 Å². The van der Waals surface area contributed by atoms with Crippen LogP contribution < -0.4 is 4.90 Å². The predicted octanol–water partition coefficient (Wildman–Crippen LogP) is 4.70. The molecule has 1 aromatic heterocycles. The number of nitro benzene ring substituents is 1. The van der Waals surface area contributed by atoms with Crippen LogP contribution >= 0.6 is 0 Å². The average Bonchev–Trinajstić information content (AvgIpc) is 3.37. The molecule has 1 fully saturated rings. The molecule has 1 aliphatic carbocycles. The summed E-state index contributed by atoms with van der Waals surface area (Å²) in [6.07, 6.45) is 5.27. The van der Waals surface area contributed by atoms with Crippen molar-refractivity contribution in [2.24, 2.45) is 5.92 Å². The molecule has 5 rings (SSSR count). The highest BCUT2D eigenvalue weighted by Crippen LogP contribution is 2.32. The number of benzene rings is 2. The van der Waals surface area contributed by atoms with E-state index in [4.69, 9.17) is 4.52 Å². The molecule has 2 aliphatic rings. The largest absolute Gasteiger partial charge is 0.338 e. The molecule has 3 aromatic rings. The van der Waals surface area contributed by atoms with Gasteiger partial charge in [0.25, 0.3) is 11.6 Å². The molecule has 0 atom stereocenters. The van der Waals surface area contributed by atoms with Crippen LogP contribution in [0.15, 0.2) is 59.1 Å². The minimum absolute atomic E-state index is 0.0118. The third-order valence-electron chi connectivity index (χ3n) is 7.41. The van der Waals surface area contributed by atoms with Crippen molar-refractivity contribution in [2.45, 2.75) is 38.5 Å². The fourth-order valence-corrected chi connectivity index (χ4v) is 5.26.